The molecule has 104 valence electrons. The van der Waals surface area contributed by atoms with Gasteiger partial charge in [-0.15, -0.1) is 0 Å². The van der Waals surface area contributed by atoms with Gasteiger partial charge in [0.1, 0.15) is 5.75 Å². The van der Waals surface area contributed by atoms with Crippen molar-refractivity contribution in [2.24, 2.45) is 5.73 Å². The van der Waals surface area contributed by atoms with Gasteiger partial charge in [-0.2, -0.15) is 0 Å². The van der Waals surface area contributed by atoms with E-state index in [9.17, 15) is 20.0 Å². The monoisotopic (exact) mass is 267 g/mol. The molecule has 7 heteroatoms. The van der Waals surface area contributed by atoms with Crippen LogP contribution in [-0.4, -0.2) is 22.0 Å². The topological polar surface area (TPSA) is 118 Å². The van der Waals surface area contributed by atoms with E-state index in [0.717, 1.165) is 18.9 Å². The second kappa shape index (κ2) is 6.69. The number of amides is 1. The van der Waals surface area contributed by atoms with Gasteiger partial charge in [0.25, 0.3) is 5.69 Å². The summed E-state index contributed by atoms with van der Waals surface area (Å²) < 4.78 is 0. The molecule has 1 unspecified atom stereocenters. The lowest BCUT2D eigenvalue weighted by atomic mass is 10.1. The molecule has 1 aromatic carbocycles. The summed E-state index contributed by atoms with van der Waals surface area (Å²) in [5, 5.41) is 22.5. The maximum absolute atomic E-state index is 11.6. The fourth-order valence-electron chi connectivity index (χ4n) is 1.65. The van der Waals surface area contributed by atoms with Crippen molar-refractivity contribution in [1.82, 2.24) is 0 Å². The number of nitrogens with zero attached hydrogens (tertiary/aromatic N) is 1. The number of hydrogen-bond donors (Lipinski definition) is 3. The van der Waals surface area contributed by atoms with Gasteiger partial charge in [-0.25, -0.2) is 0 Å². The molecule has 0 fully saturated rings. The normalized spacial score (nSPS) is 11.9. The Kier molecular flexibility index (Phi) is 5.25. The summed E-state index contributed by atoms with van der Waals surface area (Å²) in [4.78, 5) is 21.5. The molecule has 0 aliphatic heterocycles. The van der Waals surface area contributed by atoms with Crippen LogP contribution in [0.25, 0.3) is 0 Å². The Morgan fingerprint density at radius 1 is 1.58 bits per heavy atom. The molecule has 19 heavy (non-hydrogen) atoms. The molecule has 0 aliphatic carbocycles. The van der Waals surface area contributed by atoms with E-state index in [4.69, 9.17) is 5.73 Å². The van der Waals surface area contributed by atoms with Crippen molar-refractivity contribution in [2.45, 2.75) is 32.2 Å². The number of phenols is 1. The molecule has 0 saturated heterocycles. The fraction of sp³-hybridized carbons (Fsp3) is 0.417. The highest BCUT2D eigenvalue weighted by molar-refractivity contribution is 5.92. The number of nitro groups is 1. The largest absolute Gasteiger partial charge is 0.506 e. The van der Waals surface area contributed by atoms with Crippen LogP contribution >= 0.6 is 0 Å². The van der Waals surface area contributed by atoms with Gasteiger partial charge < -0.3 is 16.2 Å². The van der Waals surface area contributed by atoms with E-state index in [1.54, 1.807) is 0 Å². The third-order valence-electron chi connectivity index (χ3n) is 2.57. The van der Waals surface area contributed by atoms with E-state index in [1.807, 2.05) is 6.92 Å². The third kappa shape index (κ3) is 4.55. The highest BCUT2D eigenvalue weighted by Gasteiger charge is 2.13. The van der Waals surface area contributed by atoms with Crippen LogP contribution in [0.1, 0.15) is 26.2 Å². The Bertz CT molecular complexity index is 476. The zero-order valence-corrected chi connectivity index (χ0v) is 10.6. The molecule has 0 aliphatic rings. The lowest BCUT2D eigenvalue weighted by Gasteiger charge is -2.11. The predicted molar refractivity (Wildman–Crippen MR) is 70.9 cm³/mol. The highest BCUT2D eigenvalue weighted by Crippen LogP contribution is 2.27. The number of nitro benzene ring substituents is 1. The lowest BCUT2D eigenvalue weighted by Crippen LogP contribution is -2.26. The number of non-ortho nitro benzene ring substituents is 1. The first-order valence-corrected chi connectivity index (χ1v) is 5.97. The second-order valence-corrected chi connectivity index (χ2v) is 4.26. The first kappa shape index (κ1) is 14.9. The number of hydrogen-bond acceptors (Lipinski definition) is 5. The molecule has 0 heterocycles. The molecule has 1 rings (SSSR count). The Labute approximate surface area is 110 Å². The average molecular weight is 267 g/mol. The minimum atomic E-state index is -0.623. The quantitative estimate of drug-likeness (QED) is 0.412. The summed E-state index contributed by atoms with van der Waals surface area (Å²) in [6.45, 7) is 1.97. The van der Waals surface area contributed by atoms with E-state index < -0.39 is 4.92 Å². The summed E-state index contributed by atoms with van der Waals surface area (Å²) in [5.74, 6) is -0.670. The number of carbonyl (C=O) groups is 1. The first-order valence-electron chi connectivity index (χ1n) is 5.97. The van der Waals surface area contributed by atoms with Gasteiger partial charge in [0, 0.05) is 18.5 Å². The molecule has 1 aromatic rings. The second-order valence-electron chi connectivity index (χ2n) is 4.26. The molecule has 1 amide bonds. The van der Waals surface area contributed by atoms with Gasteiger partial charge in [-0.05, 0) is 12.5 Å². The number of benzene rings is 1. The summed E-state index contributed by atoms with van der Waals surface area (Å²) in [6.07, 6.45) is 1.77. The Morgan fingerprint density at radius 3 is 2.79 bits per heavy atom. The van der Waals surface area contributed by atoms with E-state index in [0.29, 0.717) is 0 Å². The number of carbonyl (C=O) groups excluding carboxylic acids is 1. The summed E-state index contributed by atoms with van der Waals surface area (Å²) in [5.41, 5.74) is 5.63. The van der Waals surface area contributed by atoms with Crippen LogP contribution in [0.4, 0.5) is 11.4 Å². The Morgan fingerprint density at radius 2 is 2.26 bits per heavy atom. The number of rotatable bonds is 6. The van der Waals surface area contributed by atoms with Crippen LogP contribution in [0.5, 0.6) is 5.75 Å². The lowest BCUT2D eigenvalue weighted by molar-refractivity contribution is -0.384. The standard InChI is InChI=1S/C12H17N3O4/c1-2-3-8(13)6-12(17)14-10-5-4-9(15(18)19)7-11(10)16/h4-5,7-8,16H,2-3,6,13H2,1H3,(H,14,17). The molecule has 1 atom stereocenters. The van der Waals surface area contributed by atoms with E-state index in [-0.39, 0.29) is 35.5 Å². The van der Waals surface area contributed by atoms with Crippen LogP contribution in [0.15, 0.2) is 18.2 Å². The average Bonchev–Trinajstić information content (AvgIpc) is 2.31. The van der Waals surface area contributed by atoms with Gasteiger partial charge in [0.05, 0.1) is 16.7 Å². The van der Waals surface area contributed by atoms with Crippen LogP contribution in [0, 0.1) is 10.1 Å². The zero-order chi connectivity index (χ0) is 14.4. The van der Waals surface area contributed by atoms with Crippen molar-refractivity contribution < 1.29 is 14.8 Å². The molecule has 0 radical (unpaired) electrons. The van der Waals surface area contributed by atoms with Crippen molar-refractivity contribution in [1.29, 1.82) is 0 Å². The van der Waals surface area contributed by atoms with Crippen molar-refractivity contribution in [3.63, 3.8) is 0 Å². The molecule has 0 aromatic heterocycles. The first-order chi connectivity index (χ1) is 8.93. The molecule has 4 N–H and O–H groups in total. The van der Waals surface area contributed by atoms with Crippen LogP contribution < -0.4 is 11.1 Å². The van der Waals surface area contributed by atoms with Crippen molar-refractivity contribution in [3.05, 3.63) is 28.3 Å². The van der Waals surface area contributed by atoms with Crippen LogP contribution in [0.3, 0.4) is 0 Å². The molecule has 7 nitrogen and oxygen atoms in total. The van der Waals surface area contributed by atoms with Crippen molar-refractivity contribution in [3.8, 4) is 5.75 Å². The molecular formula is C12H17N3O4. The van der Waals surface area contributed by atoms with Gasteiger partial charge in [0.2, 0.25) is 5.91 Å². The third-order valence-corrected chi connectivity index (χ3v) is 2.57. The highest BCUT2D eigenvalue weighted by atomic mass is 16.6. The summed E-state index contributed by atoms with van der Waals surface area (Å²) >= 11 is 0. The van der Waals surface area contributed by atoms with Crippen LogP contribution in [-0.2, 0) is 4.79 Å². The van der Waals surface area contributed by atoms with Gasteiger partial charge in [-0.3, -0.25) is 14.9 Å². The molecule has 0 saturated carbocycles. The maximum atomic E-state index is 11.6. The van der Waals surface area contributed by atoms with E-state index >= 15 is 0 Å². The van der Waals surface area contributed by atoms with Crippen molar-refractivity contribution in [2.75, 3.05) is 5.32 Å². The Hall–Kier alpha value is -2.15. The minimum Gasteiger partial charge on any atom is -0.506 e. The summed E-state index contributed by atoms with van der Waals surface area (Å²) in [7, 11) is 0. The van der Waals surface area contributed by atoms with Gasteiger partial charge in [0.15, 0.2) is 0 Å². The number of aromatic hydroxyl groups is 1. The zero-order valence-electron chi connectivity index (χ0n) is 10.6. The number of nitrogens with two attached hydrogens (primary N) is 1. The van der Waals surface area contributed by atoms with Gasteiger partial charge >= 0.3 is 0 Å². The predicted octanol–water partition coefficient (Wildman–Crippen LogP) is 1.76. The van der Waals surface area contributed by atoms with E-state index in [1.165, 1.54) is 12.1 Å². The molecular weight excluding hydrogens is 250 g/mol. The smallest absolute Gasteiger partial charge is 0.273 e. The Balaban J connectivity index is 2.67. The van der Waals surface area contributed by atoms with Crippen LogP contribution in [0.2, 0.25) is 0 Å². The number of anilines is 1. The number of phenolic OH excluding ortho intramolecular Hbond substituents is 1. The molecule has 0 bridgehead atoms. The van der Waals surface area contributed by atoms with Gasteiger partial charge in [-0.1, -0.05) is 13.3 Å². The SMILES string of the molecule is CCCC(N)CC(=O)Nc1ccc([N+](=O)[O-])cc1O. The fourth-order valence-corrected chi connectivity index (χ4v) is 1.65. The minimum absolute atomic E-state index is 0.138. The van der Waals surface area contributed by atoms with E-state index in [2.05, 4.69) is 5.32 Å². The van der Waals surface area contributed by atoms with Crippen molar-refractivity contribution >= 4 is 17.3 Å². The maximum Gasteiger partial charge on any atom is 0.273 e. The molecule has 0 spiro atoms. The summed E-state index contributed by atoms with van der Waals surface area (Å²) in [6, 6.07) is 3.25. The number of nitrogens with one attached hydrogen (secondary N) is 1.